The molecule has 0 aromatic rings. The summed E-state index contributed by atoms with van der Waals surface area (Å²) in [4.78, 5) is 10.8. The normalized spacial score (nSPS) is 46.0. The van der Waals surface area contributed by atoms with E-state index in [1.165, 1.54) is 0 Å². The first-order chi connectivity index (χ1) is 5.95. The van der Waals surface area contributed by atoms with Crippen LogP contribution in [0.3, 0.4) is 0 Å². The van der Waals surface area contributed by atoms with E-state index >= 15 is 0 Å². The van der Waals surface area contributed by atoms with Crippen LogP contribution in [0.5, 0.6) is 0 Å². The fourth-order valence-electron chi connectivity index (χ4n) is 1.97. The fourth-order valence-corrected chi connectivity index (χ4v) is 1.97. The van der Waals surface area contributed by atoms with Crippen molar-refractivity contribution in [1.82, 2.24) is 0 Å². The highest BCUT2D eigenvalue weighted by Gasteiger charge is 2.41. The Morgan fingerprint density at radius 1 is 1.23 bits per heavy atom. The standard InChI is InChI=1S/C9H16O4/c1-4-5(2)8(11)7(10)3-6(4)9(12)13/h4-8,10-11H,3H2,1-2H3,(H,12,13). The Labute approximate surface area is 77.2 Å². The minimum absolute atomic E-state index is 0.0871. The molecule has 0 spiro atoms. The van der Waals surface area contributed by atoms with E-state index in [4.69, 9.17) is 5.11 Å². The predicted octanol–water partition coefficient (Wildman–Crippen LogP) is 0.0849. The minimum Gasteiger partial charge on any atom is -0.481 e. The summed E-state index contributed by atoms with van der Waals surface area (Å²) in [5.41, 5.74) is 0. The predicted molar refractivity (Wildman–Crippen MR) is 46.1 cm³/mol. The van der Waals surface area contributed by atoms with Gasteiger partial charge in [-0.15, -0.1) is 0 Å². The monoisotopic (exact) mass is 188 g/mol. The van der Waals surface area contributed by atoms with Gasteiger partial charge in [-0.05, 0) is 18.3 Å². The largest absolute Gasteiger partial charge is 0.481 e. The highest BCUT2D eigenvalue weighted by atomic mass is 16.4. The summed E-state index contributed by atoms with van der Waals surface area (Å²) in [6, 6.07) is 0. The van der Waals surface area contributed by atoms with Gasteiger partial charge in [0.1, 0.15) is 0 Å². The summed E-state index contributed by atoms with van der Waals surface area (Å²) in [6.07, 6.45) is -1.53. The lowest BCUT2D eigenvalue weighted by atomic mass is 9.71. The summed E-state index contributed by atoms with van der Waals surface area (Å²) in [6.45, 7) is 3.58. The Balaban J connectivity index is 2.76. The molecule has 1 saturated carbocycles. The van der Waals surface area contributed by atoms with Crippen LogP contribution in [0.15, 0.2) is 0 Å². The van der Waals surface area contributed by atoms with Crippen LogP contribution in [0.25, 0.3) is 0 Å². The van der Waals surface area contributed by atoms with E-state index in [0.29, 0.717) is 0 Å². The van der Waals surface area contributed by atoms with Crippen LogP contribution in [0.1, 0.15) is 20.3 Å². The average Bonchev–Trinajstić information content (AvgIpc) is 2.07. The molecule has 0 aromatic carbocycles. The Morgan fingerprint density at radius 2 is 1.77 bits per heavy atom. The molecule has 13 heavy (non-hydrogen) atoms. The van der Waals surface area contributed by atoms with Gasteiger partial charge in [-0.25, -0.2) is 0 Å². The van der Waals surface area contributed by atoms with Crippen LogP contribution in [0, 0.1) is 17.8 Å². The highest BCUT2D eigenvalue weighted by molar-refractivity contribution is 5.70. The van der Waals surface area contributed by atoms with Gasteiger partial charge in [-0.2, -0.15) is 0 Å². The van der Waals surface area contributed by atoms with Crippen LogP contribution in [-0.2, 0) is 4.79 Å². The molecule has 0 bridgehead atoms. The molecule has 4 heteroatoms. The maximum atomic E-state index is 10.8. The van der Waals surface area contributed by atoms with Gasteiger partial charge in [0, 0.05) is 0 Å². The molecular weight excluding hydrogens is 172 g/mol. The second kappa shape index (κ2) is 3.64. The highest BCUT2D eigenvalue weighted by Crippen LogP contribution is 2.34. The lowest BCUT2D eigenvalue weighted by Gasteiger charge is -2.38. The lowest BCUT2D eigenvalue weighted by Crippen LogP contribution is -2.46. The first-order valence-corrected chi connectivity index (χ1v) is 4.54. The summed E-state index contributed by atoms with van der Waals surface area (Å²) < 4.78 is 0. The van der Waals surface area contributed by atoms with Gasteiger partial charge < -0.3 is 15.3 Å². The van der Waals surface area contributed by atoms with E-state index < -0.39 is 24.1 Å². The molecule has 0 aliphatic heterocycles. The van der Waals surface area contributed by atoms with Crippen molar-refractivity contribution in [2.45, 2.75) is 32.5 Å². The zero-order valence-electron chi connectivity index (χ0n) is 7.84. The van der Waals surface area contributed by atoms with Crippen LogP contribution in [0.2, 0.25) is 0 Å². The molecule has 0 amide bonds. The van der Waals surface area contributed by atoms with Crippen LogP contribution in [-0.4, -0.2) is 33.5 Å². The zero-order chi connectivity index (χ0) is 10.2. The molecule has 3 N–H and O–H groups in total. The van der Waals surface area contributed by atoms with Gasteiger partial charge >= 0.3 is 5.97 Å². The summed E-state index contributed by atoms with van der Waals surface area (Å²) >= 11 is 0. The quantitative estimate of drug-likeness (QED) is 0.544. The number of hydrogen-bond donors (Lipinski definition) is 3. The number of aliphatic hydroxyl groups excluding tert-OH is 2. The maximum Gasteiger partial charge on any atom is 0.306 e. The molecule has 0 aromatic heterocycles. The van der Waals surface area contributed by atoms with E-state index in [2.05, 4.69) is 0 Å². The molecule has 76 valence electrons. The van der Waals surface area contributed by atoms with Crippen molar-refractivity contribution in [3.8, 4) is 0 Å². The van der Waals surface area contributed by atoms with Gasteiger partial charge in [0.2, 0.25) is 0 Å². The van der Waals surface area contributed by atoms with Gasteiger partial charge in [-0.3, -0.25) is 4.79 Å². The van der Waals surface area contributed by atoms with Gasteiger partial charge in [-0.1, -0.05) is 13.8 Å². The summed E-state index contributed by atoms with van der Waals surface area (Å²) in [5.74, 6) is -1.67. The molecular formula is C9H16O4. The van der Waals surface area contributed by atoms with E-state index in [0.717, 1.165) is 0 Å². The smallest absolute Gasteiger partial charge is 0.306 e. The van der Waals surface area contributed by atoms with Gasteiger partial charge in [0.15, 0.2) is 0 Å². The molecule has 1 fully saturated rings. The van der Waals surface area contributed by atoms with E-state index in [1.807, 2.05) is 0 Å². The van der Waals surface area contributed by atoms with Crippen molar-refractivity contribution in [3.63, 3.8) is 0 Å². The van der Waals surface area contributed by atoms with Gasteiger partial charge in [0.25, 0.3) is 0 Å². The zero-order valence-corrected chi connectivity index (χ0v) is 7.84. The number of aliphatic carboxylic acids is 1. The van der Waals surface area contributed by atoms with Crippen molar-refractivity contribution >= 4 is 5.97 Å². The third-order valence-electron chi connectivity index (χ3n) is 3.21. The number of carboxylic acid groups (broad SMARTS) is 1. The Morgan fingerprint density at radius 3 is 2.23 bits per heavy atom. The number of carboxylic acids is 1. The van der Waals surface area contributed by atoms with Crippen molar-refractivity contribution in [1.29, 1.82) is 0 Å². The number of rotatable bonds is 1. The average molecular weight is 188 g/mol. The van der Waals surface area contributed by atoms with Crippen molar-refractivity contribution in [3.05, 3.63) is 0 Å². The topological polar surface area (TPSA) is 77.8 Å². The number of hydrogen-bond acceptors (Lipinski definition) is 3. The van der Waals surface area contributed by atoms with Crippen molar-refractivity contribution < 1.29 is 20.1 Å². The molecule has 1 rings (SSSR count). The Hall–Kier alpha value is -0.610. The van der Waals surface area contributed by atoms with E-state index in [9.17, 15) is 15.0 Å². The maximum absolute atomic E-state index is 10.8. The molecule has 1 aliphatic carbocycles. The summed E-state index contributed by atoms with van der Waals surface area (Å²) in [5, 5.41) is 27.7. The number of aliphatic hydroxyl groups is 2. The van der Waals surface area contributed by atoms with Crippen molar-refractivity contribution in [2.75, 3.05) is 0 Å². The fraction of sp³-hybridized carbons (Fsp3) is 0.889. The van der Waals surface area contributed by atoms with Gasteiger partial charge in [0.05, 0.1) is 18.1 Å². The third-order valence-corrected chi connectivity index (χ3v) is 3.21. The Kier molecular flexibility index (Phi) is 2.93. The molecule has 0 heterocycles. The second-order valence-corrected chi connectivity index (χ2v) is 3.96. The second-order valence-electron chi connectivity index (χ2n) is 3.96. The Bertz CT molecular complexity index is 204. The minimum atomic E-state index is -0.896. The number of carbonyl (C=O) groups is 1. The van der Waals surface area contributed by atoms with Crippen LogP contribution in [0.4, 0.5) is 0 Å². The molecule has 1 aliphatic rings. The first kappa shape index (κ1) is 10.5. The lowest BCUT2D eigenvalue weighted by molar-refractivity contribution is -0.153. The van der Waals surface area contributed by atoms with E-state index in [1.54, 1.807) is 13.8 Å². The first-order valence-electron chi connectivity index (χ1n) is 4.54. The van der Waals surface area contributed by atoms with E-state index in [-0.39, 0.29) is 18.3 Å². The molecule has 4 nitrogen and oxygen atoms in total. The van der Waals surface area contributed by atoms with Crippen molar-refractivity contribution in [2.24, 2.45) is 17.8 Å². The molecule has 0 radical (unpaired) electrons. The molecule has 5 unspecified atom stereocenters. The SMILES string of the molecule is CC1C(C(=O)O)CC(O)C(O)C1C. The van der Waals surface area contributed by atoms with Crippen LogP contribution < -0.4 is 0 Å². The van der Waals surface area contributed by atoms with Crippen LogP contribution >= 0.6 is 0 Å². The third kappa shape index (κ3) is 1.84. The molecule has 0 saturated heterocycles. The molecule has 5 atom stereocenters. The summed E-state index contributed by atoms with van der Waals surface area (Å²) in [7, 11) is 0.